The predicted octanol–water partition coefficient (Wildman–Crippen LogP) is 3.77. The summed E-state index contributed by atoms with van der Waals surface area (Å²) in [5, 5.41) is 2.93. The Morgan fingerprint density at radius 3 is 2.07 bits per heavy atom. The van der Waals surface area contributed by atoms with Crippen molar-refractivity contribution >= 4 is 18.4 Å². The van der Waals surface area contributed by atoms with Crippen molar-refractivity contribution in [2.24, 2.45) is 0 Å². The first-order chi connectivity index (χ1) is 6.74. The number of anilines is 1. The molecular formula is C11H22N2S. The van der Waals surface area contributed by atoms with E-state index in [2.05, 4.69) is 22.9 Å². The highest BCUT2D eigenvalue weighted by Gasteiger charge is 1.95. The van der Waals surface area contributed by atoms with Crippen LogP contribution in [0.15, 0.2) is 17.2 Å². The second-order valence-corrected chi connectivity index (χ2v) is 2.61. The SMILES string of the molecule is CC.CC.CNc1ncc(C)cc1S. The van der Waals surface area contributed by atoms with Crippen molar-refractivity contribution in [3.63, 3.8) is 0 Å². The number of pyridine rings is 1. The zero-order valence-corrected chi connectivity index (χ0v) is 10.9. The third kappa shape index (κ3) is 5.86. The molecule has 1 N–H and O–H groups in total. The van der Waals surface area contributed by atoms with Crippen molar-refractivity contribution in [3.8, 4) is 0 Å². The summed E-state index contributed by atoms with van der Waals surface area (Å²) in [6.07, 6.45) is 1.81. The molecule has 0 aliphatic rings. The van der Waals surface area contributed by atoms with Gasteiger partial charge in [0.15, 0.2) is 0 Å². The summed E-state index contributed by atoms with van der Waals surface area (Å²) in [6, 6.07) is 1.97. The maximum atomic E-state index is 4.22. The van der Waals surface area contributed by atoms with Crippen LogP contribution in [0, 0.1) is 6.92 Å². The number of rotatable bonds is 1. The molecule has 14 heavy (non-hydrogen) atoms. The summed E-state index contributed by atoms with van der Waals surface area (Å²) >= 11 is 4.22. The van der Waals surface area contributed by atoms with Crippen LogP contribution in [0.4, 0.5) is 5.82 Å². The molecule has 1 rings (SSSR count). The third-order valence-electron chi connectivity index (χ3n) is 1.24. The number of aromatic nitrogens is 1. The molecule has 0 aromatic carbocycles. The molecule has 0 amide bonds. The summed E-state index contributed by atoms with van der Waals surface area (Å²) < 4.78 is 0. The van der Waals surface area contributed by atoms with Crippen LogP contribution >= 0.6 is 12.6 Å². The number of hydrogen-bond acceptors (Lipinski definition) is 3. The second kappa shape index (κ2) is 10.4. The zero-order chi connectivity index (χ0) is 11.6. The maximum Gasteiger partial charge on any atom is 0.139 e. The van der Waals surface area contributed by atoms with Crippen molar-refractivity contribution < 1.29 is 0 Å². The van der Waals surface area contributed by atoms with E-state index in [0.29, 0.717) is 0 Å². The summed E-state index contributed by atoms with van der Waals surface area (Å²) in [5.41, 5.74) is 1.13. The molecule has 0 bridgehead atoms. The van der Waals surface area contributed by atoms with Gasteiger partial charge in [-0.05, 0) is 18.6 Å². The molecule has 0 atom stereocenters. The monoisotopic (exact) mass is 214 g/mol. The molecule has 2 nitrogen and oxygen atoms in total. The van der Waals surface area contributed by atoms with Gasteiger partial charge in [0, 0.05) is 18.1 Å². The Morgan fingerprint density at radius 1 is 1.21 bits per heavy atom. The number of nitrogens with zero attached hydrogens (tertiary/aromatic N) is 1. The molecule has 0 saturated carbocycles. The van der Waals surface area contributed by atoms with E-state index >= 15 is 0 Å². The average Bonchev–Trinajstić information content (AvgIpc) is 2.24. The lowest BCUT2D eigenvalue weighted by atomic mass is 10.3. The van der Waals surface area contributed by atoms with Crippen molar-refractivity contribution in [1.29, 1.82) is 0 Å². The standard InChI is InChI=1S/C7H10N2S.2C2H6/c1-5-3-6(10)7(8-2)9-4-5;2*1-2/h3-4,10H,1-2H3,(H,8,9);2*1-2H3. The Bertz CT molecular complexity index is 237. The Hall–Kier alpha value is -0.700. The highest BCUT2D eigenvalue weighted by atomic mass is 32.1. The van der Waals surface area contributed by atoms with Gasteiger partial charge in [0.1, 0.15) is 5.82 Å². The van der Waals surface area contributed by atoms with Crippen LogP contribution in [-0.2, 0) is 0 Å². The summed E-state index contributed by atoms with van der Waals surface area (Å²) in [5.74, 6) is 0.828. The fraction of sp³-hybridized carbons (Fsp3) is 0.545. The molecule has 0 aliphatic carbocycles. The van der Waals surface area contributed by atoms with E-state index in [1.165, 1.54) is 0 Å². The molecule has 0 saturated heterocycles. The first-order valence-electron chi connectivity index (χ1n) is 5.07. The predicted molar refractivity (Wildman–Crippen MR) is 68.5 cm³/mol. The van der Waals surface area contributed by atoms with Crippen LogP contribution in [0.25, 0.3) is 0 Å². The molecule has 0 spiro atoms. The number of nitrogens with one attached hydrogen (secondary N) is 1. The lowest BCUT2D eigenvalue weighted by Gasteiger charge is -2.01. The minimum Gasteiger partial charge on any atom is -0.372 e. The van der Waals surface area contributed by atoms with E-state index in [1.807, 2.05) is 53.9 Å². The first kappa shape index (κ1) is 15.8. The van der Waals surface area contributed by atoms with Crippen LogP contribution in [0.3, 0.4) is 0 Å². The van der Waals surface area contributed by atoms with Gasteiger partial charge in [-0.1, -0.05) is 27.7 Å². The number of thiol groups is 1. The lowest BCUT2D eigenvalue weighted by Crippen LogP contribution is -1.93. The number of aryl methyl sites for hydroxylation is 1. The van der Waals surface area contributed by atoms with Crippen molar-refractivity contribution in [2.45, 2.75) is 39.5 Å². The van der Waals surface area contributed by atoms with Crippen LogP contribution in [-0.4, -0.2) is 12.0 Å². The summed E-state index contributed by atoms with van der Waals surface area (Å²) in [6.45, 7) is 9.99. The Kier molecular flexibility index (Phi) is 11.7. The highest BCUT2D eigenvalue weighted by molar-refractivity contribution is 7.80. The van der Waals surface area contributed by atoms with Gasteiger partial charge in [-0.25, -0.2) is 4.98 Å². The molecule has 0 aliphatic heterocycles. The van der Waals surface area contributed by atoms with Crippen molar-refractivity contribution in [3.05, 3.63) is 17.8 Å². The largest absolute Gasteiger partial charge is 0.372 e. The molecule has 0 unspecified atom stereocenters. The Morgan fingerprint density at radius 2 is 1.71 bits per heavy atom. The van der Waals surface area contributed by atoms with E-state index in [9.17, 15) is 0 Å². The smallest absolute Gasteiger partial charge is 0.139 e. The fourth-order valence-electron chi connectivity index (χ4n) is 0.746. The van der Waals surface area contributed by atoms with Crippen LogP contribution in [0.1, 0.15) is 33.3 Å². The molecule has 0 fully saturated rings. The zero-order valence-electron chi connectivity index (χ0n) is 10.0. The van der Waals surface area contributed by atoms with Crippen LogP contribution < -0.4 is 5.32 Å². The normalized spacial score (nSPS) is 7.64. The van der Waals surface area contributed by atoms with Gasteiger partial charge in [0.05, 0.1) is 0 Å². The molecule has 1 heterocycles. The van der Waals surface area contributed by atoms with Crippen LogP contribution in [0.5, 0.6) is 0 Å². The molecule has 1 aromatic heterocycles. The van der Waals surface area contributed by atoms with Gasteiger partial charge >= 0.3 is 0 Å². The van der Waals surface area contributed by atoms with Gasteiger partial charge in [0.25, 0.3) is 0 Å². The lowest BCUT2D eigenvalue weighted by molar-refractivity contribution is 1.18. The molecule has 0 radical (unpaired) electrons. The second-order valence-electron chi connectivity index (χ2n) is 2.13. The molecule has 1 aromatic rings. The Labute approximate surface area is 93.6 Å². The molecule has 82 valence electrons. The quantitative estimate of drug-likeness (QED) is 0.696. The van der Waals surface area contributed by atoms with E-state index in [-0.39, 0.29) is 0 Å². The van der Waals surface area contributed by atoms with Gasteiger partial charge in [-0.15, -0.1) is 12.6 Å². The minimum absolute atomic E-state index is 0.828. The van der Waals surface area contributed by atoms with Gasteiger partial charge in [-0.2, -0.15) is 0 Å². The van der Waals surface area contributed by atoms with E-state index in [1.54, 1.807) is 0 Å². The number of hydrogen-bond donors (Lipinski definition) is 2. The average molecular weight is 214 g/mol. The third-order valence-corrected chi connectivity index (χ3v) is 1.58. The molecular weight excluding hydrogens is 192 g/mol. The summed E-state index contributed by atoms with van der Waals surface area (Å²) in [4.78, 5) is 5.00. The maximum absolute atomic E-state index is 4.22. The van der Waals surface area contributed by atoms with E-state index in [0.717, 1.165) is 16.3 Å². The van der Waals surface area contributed by atoms with E-state index in [4.69, 9.17) is 0 Å². The van der Waals surface area contributed by atoms with Gasteiger partial charge in [-0.3, -0.25) is 0 Å². The highest BCUT2D eigenvalue weighted by Crippen LogP contribution is 2.16. The Balaban J connectivity index is 0. The van der Waals surface area contributed by atoms with Crippen molar-refractivity contribution in [2.75, 3.05) is 12.4 Å². The summed E-state index contributed by atoms with van der Waals surface area (Å²) in [7, 11) is 1.83. The van der Waals surface area contributed by atoms with Gasteiger partial charge in [0.2, 0.25) is 0 Å². The van der Waals surface area contributed by atoms with Gasteiger partial charge < -0.3 is 5.32 Å². The minimum atomic E-state index is 0.828. The van der Waals surface area contributed by atoms with Crippen LogP contribution in [0.2, 0.25) is 0 Å². The molecule has 3 heteroatoms. The van der Waals surface area contributed by atoms with Crippen molar-refractivity contribution in [1.82, 2.24) is 4.98 Å². The topological polar surface area (TPSA) is 24.9 Å². The first-order valence-corrected chi connectivity index (χ1v) is 5.52. The fourth-order valence-corrected chi connectivity index (χ4v) is 1.12. The van der Waals surface area contributed by atoms with E-state index < -0.39 is 0 Å².